The Hall–Kier alpha value is -0.780. The maximum atomic E-state index is 2.86. The van der Waals surface area contributed by atoms with Gasteiger partial charge in [-0.2, -0.15) is 0 Å². The summed E-state index contributed by atoms with van der Waals surface area (Å²) in [6, 6.07) is 24.1. The molecular weight excluding hydrogens is 390 g/mol. The molecule has 0 spiro atoms. The highest BCUT2D eigenvalue weighted by atomic mass is 31.1. The van der Waals surface area contributed by atoms with Crippen LogP contribution in [0.1, 0.15) is 47.0 Å². The zero-order valence-electron chi connectivity index (χ0n) is 18.4. The van der Waals surface area contributed by atoms with E-state index in [0.717, 1.165) is 11.3 Å². The fourth-order valence-electron chi connectivity index (χ4n) is 5.13. The third-order valence-electron chi connectivity index (χ3n) is 6.42. The van der Waals surface area contributed by atoms with E-state index in [1.54, 1.807) is 10.6 Å². The number of hydrogen-bond donors (Lipinski definition) is 0. The van der Waals surface area contributed by atoms with Gasteiger partial charge in [0.2, 0.25) is 0 Å². The van der Waals surface area contributed by atoms with Gasteiger partial charge in [-0.25, -0.2) is 0 Å². The van der Waals surface area contributed by atoms with Gasteiger partial charge in [0.15, 0.2) is 0 Å². The molecule has 4 heteroatoms. The Morgan fingerprint density at radius 1 is 0.759 bits per heavy atom. The predicted molar refractivity (Wildman–Crippen MR) is 131 cm³/mol. The summed E-state index contributed by atoms with van der Waals surface area (Å²) in [6.07, 6.45) is 4.18. The van der Waals surface area contributed by atoms with Gasteiger partial charge in [-0.15, -0.1) is 0 Å². The summed E-state index contributed by atoms with van der Waals surface area (Å²) in [4.78, 5) is 0. The van der Waals surface area contributed by atoms with Crippen molar-refractivity contribution in [2.75, 3.05) is 13.1 Å². The van der Waals surface area contributed by atoms with Crippen molar-refractivity contribution in [1.82, 2.24) is 9.34 Å². The van der Waals surface area contributed by atoms with Crippen molar-refractivity contribution < 1.29 is 0 Å². The van der Waals surface area contributed by atoms with Gasteiger partial charge in [-0.05, 0) is 64.7 Å². The van der Waals surface area contributed by atoms with Gasteiger partial charge in [0.25, 0.3) is 0 Å². The number of benzene rings is 2. The lowest BCUT2D eigenvalue weighted by Gasteiger charge is -2.42. The topological polar surface area (TPSA) is 6.48 Å². The molecule has 1 aliphatic carbocycles. The van der Waals surface area contributed by atoms with Gasteiger partial charge < -0.3 is 0 Å². The maximum Gasteiger partial charge on any atom is 0.0439 e. The van der Waals surface area contributed by atoms with Crippen molar-refractivity contribution in [1.29, 1.82) is 0 Å². The first-order valence-corrected chi connectivity index (χ1v) is 14.0. The van der Waals surface area contributed by atoms with Crippen LogP contribution >= 0.6 is 16.1 Å². The molecule has 2 nitrogen and oxygen atoms in total. The summed E-state index contributed by atoms with van der Waals surface area (Å²) < 4.78 is 5.73. The van der Waals surface area contributed by atoms with Crippen LogP contribution in [0.2, 0.25) is 0 Å². The van der Waals surface area contributed by atoms with Gasteiger partial charge >= 0.3 is 0 Å². The molecule has 2 atom stereocenters. The second-order valence-corrected chi connectivity index (χ2v) is 13.7. The van der Waals surface area contributed by atoms with Crippen molar-refractivity contribution in [2.45, 2.75) is 70.4 Å². The minimum absolute atomic E-state index is 0.222. The van der Waals surface area contributed by atoms with Crippen LogP contribution in [-0.2, 0) is 0 Å². The van der Waals surface area contributed by atoms with E-state index in [2.05, 4.69) is 97.7 Å². The zero-order chi connectivity index (χ0) is 20.4. The van der Waals surface area contributed by atoms with Crippen molar-refractivity contribution in [2.24, 2.45) is 0 Å². The number of hydrogen-bond acceptors (Lipinski definition) is 2. The Labute approximate surface area is 180 Å². The highest BCUT2D eigenvalue weighted by Gasteiger charge is 2.47. The van der Waals surface area contributed by atoms with E-state index >= 15 is 0 Å². The van der Waals surface area contributed by atoms with Crippen LogP contribution in [0.15, 0.2) is 60.7 Å². The monoisotopic (exact) mass is 426 g/mol. The predicted octanol–water partition coefficient (Wildman–Crippen LogP) is 5.79. The molecule has 2 fully saturated rings. The number of rotatable bonds is 6. The standard InChI is InChI=1S/C25H36N2P2/c1-20(2)26-18-19-27(21(3)4)29(26)25-17-11-16-24(25)28(22-12-7-5-8-13-22)23-14-9-6-10-15-23/h5-10,12-15,20-21,24-25H,11,16-19H2,1-4H3/t24-,25-/m0/s1. The molecule has 1 saturated carbocycles. The summed E-state index contributed by atoms with van der Waals surface area (Å²) in [7, 11) is -0.543. The molecule has 0 bridgehead atoms. The highest BCUT2D eigenvalue weighted by Crippen LogP contribution is 2.64. The molecule has 0 unspecified atom stereocenters. The van der Waals surface area contributed by atoms with Gasteiger partial charge in [-0.1, -0.05) is 67.1 Å². The molecule has 4 rings (SSSR count). The third kappa shape index (κ3) is 4.47. The first-order valence-electron chi connectivity index (χ1n) is 11.3. The quantitative estimate of drug-likeness (QED) is 0.540. The molecule has 1 aliphatic heterocycles. The Kier molecular flexibility index (Phi) is 7.08. The molecule has 1 heterocycles. The van der Waals surface area contributed by atoms with Crippen molar-refractivity contribution >= 4 is 26.8 Å². The highest BCUT2D eigenvalue weighted by molar-refractivity contribution is 7.74. The van der Waals surface area contributed by atoms with Gasteiger partial charge in [-0.3, -0.25) is 9.34 Å². The van der Waals surface area contributed by atoms with Crippen molar-refractivity contribution in [3.05, 3.63) is 60.7 Å². The zero-order valence-corrected chi connectivity index (χ0v) is 20.2. The van der Waals surface area contributed by atoms with E-state index in [0.29, 0.717) is 12.1 Å². The normalized spacial score (nSPS) is 24.4. The molecule has 0 N–H and O–H groups in total. The maximum absolute atomic E-state index is 2.86. The molecule has 0 amide bonds. The molecule has 0 aromatic heterocycles. The van der Waals surface area contributed by atoms with E-state index in [4.69, 9.17) is 0 Å². The minimum atomic E-state index is -0.321. The Bertz CT molecular complexity index is 709. The summed E-state index contributed by atoms with van der Waals surface area (Å²) >= 11 is 0. The van der Waals surface area contributed by atoms with E-state index < -0.39 is 0 Å². The smallest absolute Gasteiger partial charge is 0.0439 e. The molecule has 2 aromatic carbocycles. The van der Waals surface area contributed by atoms with Crippen LogP contribution in [0.3, 0.4) is 0 Å². The number of nitrogens with zero attached hydrogens (tertiary/aromatic N) is 2. The van der Waals surface area contributed by atoms with Gasteiger partial charge in [0.1, 0.15) is 0 Å². The van der Waals surface area contributed by atoms with Gasteiger partial charge in [0.05, 0.1) is 0 Å². The molecular formula is C25H36N2P2. The van der Waals surface area contributed by atoms with Crippen LogP contribution in [0.5, 0.6) is 0 Å². The van der Waals surface area contributed by atoms with Crippen LogP contribution in [0, 0.1) is 0 Å². The Morgan fingerprint density at radius 2 is 1.24 bits per heavy atom. The summed E-state index contributed by atoms with van der Waals surface area (Å²) in [5.41, 5.74) is 1.62. The van der Waals surface area contributed by atoms with Crippen LogP contribution in [0.25, 0.3) is 0 Å². The first-order chi connectivity index (χ1) is 14.1. The molecule has 2 aliphatic rings. The van der Waals surface area contributed by atoms with E-state index in [1.165, 1.54) is 32.4 Å². The lowest BCUT2D eigenvalue weighted by atomic mass is 10.3. The lowest BCUT2D eigenvalue weighted by molar-refractivity contribution is 0.390. The van der Waals surface area contributed by atoms with Crippen LogP contribution in [0.4, 0.5) is 0 Å². The summed E-state index contributed by atoms with van der Waals surface area (Å²) in [6.45, 7) is 12.1. The van der Waals surface area contributed by atoms with E-state index in [1.807, 2.05) is 0 Å². The third-order valence-corrected chi connectivity index (χ3v) is 13.2. The average Bonchev–Trinajstić information content (AvgIpc) is 3.37. The molecule has 156 valence electrons. The average molecular weight is 427 g/mol. The largest absolute Gasteiger partial charge is 0.266 e. The first kappa shape index (κ1) is 21.5. The Morgan fingerprint density at radius 3 is 1.69 bits per heavy atom. The minimum Gasteiger partial charge on any atom is -0.266 e. The van der Waals surface area contributed by atoms with Gasteiger partial charge in [0, 0.05) is 39.1 Å². The molecule has 1 saturated heterocycles. The second-order valence-electron chi connectivity index (χ2n) is 8.94. The molecule has 0 radical (unpaired) electrons. The summed E-state index contributed by atoms with van der Waals surface area (Å²) in [5.74, 6) is 0. The van der Waals surface area contributed by atoms with Crippen LogP contribution in [-0.4, -0.2) is 45.8 Å². The fourth-order valence-corrected chi connectivity index (χ4v) is 12.3. The molecule has 29 heavy (non-hydrogen) atoms. The van der Waals surface area contributed by atoms with Crippen molar-refractivity contribution in [3.63, 3.8) is 0 Å². The SMILES string of the molecule is CC(C)N1CCN(C(C)C)P1[C@H]1CCC[C@@H]1P(c1ccccc1)c1ccccc1. The Balaban J connectivity index is 1.73. The van der Waals surface area contributed by atoms with E-state index in [9.17, 15) is 0 Å². The lowest BCUT2D eigenvalue weighted by Crippen LogP contribution is -2.36. The molecule has 2 aromatic rings. The summed E-state index contributed by atoms with van der Waals surface area (Å²) in [5, 5.41) is 3.12. The second kappa shape index (κ2) is 9.57. The van der Waals surface area contributed by atoms with Crippen molar-refractivity contribution in [3.8, 4) is 0 Å². The van der Waals surface area contributed by atoms with E-state index in [-0.39, 0.29) is 16.1 Å². The van der Waals surface area contributed by atoms with Crippen LogP contribution < -0.4 is 10.6 Å². The fraction of sp³-hybridized carbons (Fsp3) is 0.520.